The number of anilines is 1. The van der Waals surface area contributed by atoms with Gasteiger partial charge in [0.2, 0.25) is 0 Å². The van der Waals surface area contributed by atoms with E-state index in [1.807, 2.05) is 38.1 Å². The molecule has 180 valence electrons. The average Bonchev–Trinajstić information content (AvgIpc) is 2.82. The number of benzene rings is 2. The zero-order valence-corrected chi connectivity index (χ0v) is 20.6. The predicted molar refractivity (Wildman–Crippen MR) is 141 cm³/mol. The van der Waals surface area contributed by atoms with Gasteiger partial charge >= 0.3 is 5.97 Å². The number of fused-ring (bicyclic) bond motifs is 1. The quantitative estimate of drug-likeness (QED) is 0.463. The molecule has 0 radical (unpaired) electrons. The SMILES string of the molecule is C=C1C=C(/C2=C/C=C\C(OC)=C(/C)CC2)Oc2c1cc(C)cc2C(C)Nc1ccccc1C(=O)O. The first kappa shape index (κ1) is 24.1. The zero-order chi connectivity index (χ0) is 25.1. The molecule has 35 heavy (non-hydrogen) atoms. The second kappa shape index (κ2) is 10.1. The third-order valence-electron chi connectivity index (χ3n) is 6.39. The van der Waals surface area contributed by atoms with Crippen LogP contribution in [0.1, 0.15) is 59.8 Å². The highest BCUT2D eigenvalue weighted by Crippen LogP contribution is 2.42. The molecule has 2 aliphatic rings. The lowest BCUT2D eigenvalue weighted by atomic mass is 9.92. The molecule has 1 aliphatic heterocycles. The van der Waals surface area contributed by atoms with Crippen molar-refractivity contribution in [1.29, 1.82) is 0 Å². The fraction of sp³-hybridized carbons (Fsp3) is 0.233. The van der Waals surface area contributed by atoms with Gasteiger partial charge in [-0.3, -0.25) is 0 Å². The number of carbonyl (C=O) groups is 1. The molecule has 0 aromatic heterocycles. The molecule has 1 heterocycles. The van der Waals surface area contributed by atoms with E-state index in [0.717, 1.165) is 57.9 Å². The summed E-state index contributed by atoms with van der Waals surface area (Å²) < 4.78 is 12.0. The minimum absolute atomic E-state index is 0.197. The van der Waals surface area contributed by atoms with Gasteiger partial charge in [0.25, 0.3) is 0 Å². The fourth-order valence-corrected chi connectivity index (χ4v) is 4.49. The zero-order valence-electron chi connectivity index (χ0n) is 20.6. The van der Waals surface area contributed by atoms with Crippen LogP contribution in [0.25, 0.3) is 5.57 Å². The van der Waals surface area contributed by atoms with Gasteiger partial charge in [0.1, 0.15) is 17.3 Å². The van der Waals surface area contributed by atoms with Gasteiger partial charge in [-0.15, -0.1) is 0 Å². The molecule has 2 aromatic rings. The molecule has 1 aliphatic carbocycles. The molecule has 2 N–H and O–H groups in total. The van der Waals surface area contributed by atoms with E-state index >= 15 is 0 Å². The molecule has 0 saturated heterocycles. The molecule has 1 atom stereocenters. The molecule has 2 aromatic carbocycles. The predicted octanol–water partition coefficient (Wildman–Crippen LogP) is 7.35. The normalized spacial score (nSPS) is 20.7. The van der Waals surface area contributed by atoms with Gasteiger partial charge in [0, 0.05) is 16.8 Å². The monoisotopic (exact) mass is 469 g/mol. The van der Waals surface area contributed by atoms with Gasteiger partial charge in [-0.1, -0.05) is 36.9 Å². The van der Waals surface area contributed by atoms with Crippen LogP contribution >= 0.6 is 0 Å². The lowest BCUT2D eigenvalue weighted by Gasteiger charge is -2.28. The van der Waals surface area contributed by atoms with E-state index in [2.05, 4.69) is 37.0 Å². The van der Waals surface area contributed by atoms with Gasteiger partial charge in [-0.2, -0.15) is 0 Å². The number of carboxylic acids is 1. The van der Waals surface area contributed by atoms with Crippen LogP contribution in [0, 0.1) is 6.92 Å². The van der Waals surface area contributed by atoms with Crippen molar-refractivity contribution >= 4 is 17.2 Å². The number of nitrogens with one attached hydrogen (secondary N) is 1. The highest BCUT2D eigenvalue weighted by atomic mass is 16.5. The van der Waals surface area contributed by atoms with Crippen LogP contribution in [-0.2, 0) is 4.74 Å². The third kappa shape index (κ3) is 5.09. The van der Waals surface area contributed by atoms with Gasteiger partial charge in [0.15, 0.2) is 0 Å². The van der Waals surface area contributed by atoms with Crippen molar-refractivity contribution in [3.05, 3.63) is 112 Å². The first-order valence-corrected chi connectivity index (χ1v) is 11.7. The Labute approximate surface area is 206 Å². The smallest absolute Gasteiger partial charge is 0.337 e. The van der Waals surface area contributed by atoms with Crippen LogP contribution in [0.4, 0.5) is 5.69 Å². The van der Waals surface area contributed by atoms with E-state index < -0.39 is 5.97 Å². The molecule has 0 amide bonds. The van der Waals surface area contributed by atoms with Gasteiger partial charge in [0.05, 0.1) is 18.7 Å². The Morgan fingerprint density at radius 3 is 2.71 bits per heavy atom. The molecule has 5 heteroatoms. The summed E-state index contributed by atoms with van der Waals surface area (Å²) in [4.78, 5) is 11.7. The van der Waals surface area contributed by atoms with Crippen LogP contribution in [0.5, 0.6) is 5.75 Å². The Morgan fingerprint density at radius 1 is 1.20 bits per heavy atom. The van der Waals surface area contributed by atoms with Crippen molar-refractivity contribution in [2.75, 3.05) is 12.4 Å². The molecule has 0 saturated carbocycles. The summed E-state index contributed by atoms with van der Waals surface area (Å²) in [5, 5.41) is 13.0. The second-order valence-electron chi connectivity index (χ2n) is 8.98. The van der Waals surface area contributed by atoms with E-state index in [1.165, 1.54) is 5.57 Å². The maximum Gasteiger partial charge on any atom is 0.337 e. The van der Waals surface area contributed by atoms with Crippen molar-refractivity contribution in [2.45, 2.75) is 39.7 Å². The highest BCUT2D eigenvalue weighted by molar-refractivity contribution is 5.94. The van der Waals surface area contributed by atoms with Crippen molar-refractivity contribution in [2.24, 2.45) is 0 Å². The van der Waals surface area contributed by atoms with E-state index in [0.29, 0.717) is 5.69 Å². The second-order valence-corrected chi connectivity index (χ2v) is 8.98. The number of carboxylic acid groups (broad SMARTS) is 1. The molecule has 0 spiro atoms. The minimum atomic E-state index is -0.966. The van der Waals surface area contributed by atoms with Crippen molar-refractivity contribution in [3.8, 4) is 5.75 Å². The van der Waals surface area contributed by atoms with E-state index in [4.69, 9.17) is 9.47 Å². The number of hydrogen-bond acceptors (Lipinski definition) is 4. The number of allylic oxidation sites excluding steroid dienone is 7. The number of aromatic carboxylic acids is 1. The molecular formula is C30H31NO4. The van der Waals surface area contributed by atoms with Crippen molar-refractivity contribution < 1.29 is 19.4 Å². The first-order chi connectivity index (χ1) is 16.8. The number of hydrogen-bond donors (Lipinski definition) is 2. The summed E-state index contributed by atoms with van der Waals surface area (Å²) in [6.45, 7) is 10.5. The standard InChI is InChI=1S/C30H31NO4/c1-18-15-24-20(3)17-28(22-9-8-12-27(34-5)19(2)13-14-22)35-29(24)25(16-18)21(4)31-26-11-7-6-10-23(26)30(32)33/h6-12,15-17,21,31H,3,13-14H2,1-2,4-5H3,(H,32,33)/b12-8-,22-9+,27-19-. The Bertz CT molecular complexity index is 1310. The van der Waals surface area contributed by atoms with Crippen LogP contribution in [0.3, 0.4) is 0 Å². The van der Waals surface area contributed by atoms with E-state index in [-0.39, 0.29) is 11.6 Å². The fourth-order valence-electron chi connectivity index (χ4n) is 4.49. The maximum absolute atomic E-state index is 11.7. The van der Waals surface area contributed by atoms with Crippen LogP contribution in [0.15, 0.2) is 89.9 Å². The van der Waals surface area contributed by atoms with Crippen LogP contribution in [0.2, 0.25) is 0 Å². The van der Waals surface area contributed by atoms with Crippen molar-refractivity contribution in [1.82, 2.24) is 0 Å². The minimum Gasteiger partial charge on any atom is -0.497 e. The topological polar surface area (TPSA) is 67.8 Å². The summed E-state index contributed by atoms with van der Waals surface area (Å²) in [5.41, 5.74) is 6.95. The Kier molecular flexibility index (Phi) is 6.97. The van der Waals surface area contributed by atoms with Gasteiger partial charge < -0.3 is 19.9 Å². The lowest BCUT2D eigenvalue weighted by molar-refractivity contribution is 0.0698. The molecule has 0 fully saturated rings. The Morgan fingerprint density at radius 2 is 1.97 bits per heavy atom. The number of rotatable bonds is 6. The summed E-state index contributed by atoms with van der Waals surface area (Å²) in [5.74, 6) is 1.46. The van der Waals surface area contributed by atoms with Crippen LogP contribution in [-0.4, -0.2) is 18.2 Å². The molecule has 4 rings (SSSR count). The first-order valence-electron chi connectivity index (χ1n) is 11.7. The average molecular weight is 470 g/mol. The highest BCUT2D eigenvalue weighted by Gasteiger charge is 2.25. The molecule has 5 nitrogen and oxygen atoms in total. The summed E-state index contributed by atoms with van der Waals surface area (Å²) in [6, 6.07) is 10.9. The van der Waals surface area contributed by atoms with Gasteiger partial charge in [-0.25, -0.2) is 4.79 Å². The van der Waals surface area contributed by atoms with Gasteiger partial charge in [-0.05, 0) is 86.2 Å². The van der Waals surface area contributed by atoms with Crippen molar-refractivity contribution in [3.63, 3.8) is 0 Å². The number of ether oxygens (including phenoxy) is 2. The third-order valence-corrected chi connectivity index (χ3v) is 6.39. The maximum atomic E-state index is 11.7. The summed E-state index contributed by atoms with van der Waals surface area (Å²) >= 11 is 0. The molecular weight excluding hydrogens is 438 g/mol. The summed E-state index contributed by atoms with van der Waals surface area (Å²) in [7, 11) is 1.69. The molecule has 0 bridgehead atoms. The number of aryl methyl sites for hydroxylation is 1. The summed E-state index contributed by atoms with van der Waals surface area (Å²) in [6.07, 6.45) is 9.71. The molecule has 1 unspecified atom stereocenters. The lowest BCUT2D eigenvalue weighted by Crippen LogP contribution is -2.15. The number of methoxy groups -OCH3 is 1. The van der Waals surface area contributed by atoms with E-state index in [1.54, 1.807) is 25.3 Å². The van der Waals surface area contributed by atoms with Crippen LogP contribution < -0.4 is 10.1 Å². The largest absolute Gasteiger partial charge is 0.497 e. The Balaban J connectivity index is 1.68. The Hall–Kier alpha value is -3.99. The van der Waals surface area contributed by atoms with E-state index in [9.17, 15) is 9.90 Å². The number of para-hydroxylation sites is 1.